The summed E-state index contributed by atoms with van der Waals surface area (Å²) in [5, 5.41) is 13.0. The van der Waals surface area contributed by atoms with E-state index in [4.69, 9.17) is 0 Å². The van der Waals surface area contributed by atoms with E-state index in [0.717, 1.165) is 6.54 Å². The van der Waals surface area contributed by atoms with Gasteiger partial charge in [-0.25, -0.2) is 4.39 Å². The van der Waals surface area contributed by atoms with Crippen molar-refractivity contribution in [3.63, 3.8) is 0 Å². The molecule has 0 spiro atoms. The number of halogens is 1. The van der Waals surface area contributed by atoms with Crippen LogP contribution in [0.2, 0.25) is 0 Å². The van der Waals surface area contributed by atoms with Crippen LogP contribution in [0.4, 0.5) is 4.39 Å². The fourth-order valence-electron chi connectivity index (χ4n) is 1.85. The summed E-state index contributed by atoms with van der Waals surface area (Å²) in [6.45, 7) is 5.67. The first-order valence-electron chi connectivity index (χ1n) is 6.26. The van der Waals surface area contributed by atoms with Gasteiger partial charge in [0.2, 0.25) is 0 Å². The van der Waals surface area contributed by atoms with E-state index in [1.54, 1.807) is 12.1 Å². The first-order chi connectivity index (χ1) is 8.41. The molecule has 0 heterocycles. The summed E-state index contributed by atoms with van der Waals surface area (Å²) in [6.07, 6.45) is 0. The van der Waals surface area contributed by atoms with Gasteiger partial charge in [-0.3, -0.25) is 0 Å². The Hall–Kier alpha value is -1.13. The van der Waals surface area contributed by atoms with E-state index in [1.807, 2.05) is 14.1 Å². The molecule has 0 aliphatic heterocycles. The summed E-state index contributed by atoms with van der Waals surface area (Å²) in [6, 6.07) is 4.92. The molecule has 2 N–H and O–H groups in total. The van der Waals surface area contributed by atoms with Gasteiger partial charge in [0.25, 0.3) is 0 Å². The van der Waals surface area contributed by atoms with Crippen LogP contribution in [0.25, 0.3) is 0 Å². The highest BCUT2D eigenvalue weighted by Crippen LogP contribution is 2.20. The first-order valence-corrected chi connectivity index (χ1v) is 6.26. The van der Waals surface area contributed by atoms with Crippen molar-refractivity contribution in [2.75, 3.05) is 20.6 Å². The van der Waals surface area contributed by atoms with Gasteiger partial charge in [-0.15, -0.1) is 0 Å². The SMILES string of the molecule is CC(C)C(CN(C)C)NCc1cccc(F)c1O. The lowest BCUT2D eigenvalue weighted by molar-refractivity contribution is 0.286. The zero-order valence-corrected chi connectivity index (χ0v) is 11.6. The van der Waals surface area contributed by atoms with E-state index in [2.05, 4.69) is 24.1 Å². The van der Waals surface area contributed by atoms with Crippen LogP contribution in [-0.2, 0) is 6.54 Å². The van der Waals surface area contributed by atoms with Crippen LogP contribution in [0.1, 0.15) is 19.4 Å². The molecule has 0 radical (unpaired) electrons. The summed E-state index contributed by atoms with van der Waals surface area (Å²) in [7, 11) is 4.05. The number of hydrogen-bond donors (Lipinski definition) is 2. The van der Waals surface area contributed by atoms with Crippen molar-refractivity contribution >= 4 is 0 Å². The number of phenolic OH excluding ortho intramolecular Hbond substituents is 1. The molecule has 102 valence electrons. The third-order valence-corrected chi connectivity index (χ3v) is 2.99. The van der Waals surface area contributed by atoms with E-state index >= 15 is 0 Å². The molecular formula is C14H23FN2O. The minimum absolute atomic E-state index is 0.252. The lowest BCUT2D eigenvalue weighted by Gasteiger charge is -2.26. The van der Waals surface area contributed by atoms with Gasteiger partial charge in [0.05, 0.1) is 0 Å². The van der Waals surface area contributed by atoms with Gasteiger partial charge >= 0.3 is 0 Å². The van der Waals surface area contributed by atoms with E-state index in [9.17, 15) is 9.50 Å². The molecule has 3 nitrogen and oxygen atoms in total. The van der Waals surface area contributed by atoms with Crippen LogP contribution in [0.15, 0.2) is 18.2 Å². The Morgan fingerprint density at radius 1 is 1.33 bits per heavy atom. The van der Waals surface area contributed by atoms with Crippen molar-refractivity contribution in [3.05, 3.63) is 29.6 Å². The molecule has 0 bridgehead atoms. The van der Waals surface area contributed by atoms with Gasteiger partial charge in [0, 0.05) is 24.7 Å². The maximum Gasteiger partial charge on any atom is 0.165 e. The average molecular weight is 254 g/mol. The third kappa shape index (κ3) is 4.27. The van der Waals surface area contributed by atoms with Crippen molar-refractivity contribution in [2.45, 2.75) is 26.4 Å². The van der Waals surface area contributed by atoms with Gasteiger partial charge in [-0.05, 0) is 26.1 Å². The predicted molar refractivity (Wildman–Crippen MR) is 72.1 cm³/mol. The second-order valence-electron chi connectivity index (χ2n) is 5.24. The van der Waals surface area contributed by atoms with Crippen LogP contribution >= 0.6 is 0 Å². The number of phenols is 1. The number of benzene rings is 1. The highest BCUT2D eigenvalue weighted by molar-refractivity contribution is 5.33. The number of para-hydroxylation sites is 1. The number of nitrogens with zero attached hydrogens (tertiary/aromatic N) is 1. The Labute approximate surface area is 109 Å². The molecule has 0 saturated heterocycles. The summed E-state index contributed by atoms with van der Waals surface area (Å²) in [5.41, 5.74) is 0.597. The normalized spacial score (nSPS) is 13.3. The smallest absolute Gasteiger partial charge is 0.165 e. The zero-order valence-electron chi connectivity index (χ0n) is 11.6. The van der Waals surface area contributed by atoms with Crippen molar-refractivity contribution in [1.29, 1.82) is 0 Å². The highest BCUT2D eigenvalue weighted by Gasteiger charge is 2.15. The van der Waals surface area contributed by atoms with Crippen LogP contribution in [0.5, 0.6) is 5.75 Å². The molecule has 1 aromatic carbocycles. The Morgan fingerprint density at radius 2 is 2.00 bits per heavy atom. The molecule has 1 atom stereocenters. The van der Waals surface area contributed by atoms with Crippen LogP contribution in [0, 0.1) is 11.7 Å². The van der Waals surface area contributed by atoms with E-state index < -0.39 is 5.82 Å². The van der Waals surface area contributed by atoms with Crippen LogP contribution in [-0.4, -0.2) is 36.7 Å². The molecule has 18 heavy (non-hydrogen) atoms. The molecule has 1 unspecified atom stereocenters. The van der Waals surface area contributed by atoms with Gasteiger partial charge < -0.3 is 15.3 Å². The molecule has 0 amide bonds. The fraction of sp³-hybridized carbons (Fsp3) is 0.571. The van der Waals surface area contributed by atoms with E-state index in [1.165, 1.54) is 6.07 Å². The monoisotopic (exact) mass is 254 g/mol. The Morgan fingerprint density at radius 3 is 2.56 bits per heavy atom. The van der Waals surface area contributed by atoms with Crippen LogP contribution < -0.4 is 5.32 Å². The Balaban J connectivity index is 2.64. The minimum Gasteiger partial charge on any atom is -0.505 e. The molecule has 0 saturated carbocycles. The van der Waals surface area contributed by atoms with E-state index in [0.29, 0.717) is 24.1 Å². The topological polar surface area (TPSA) is 35.5 Å². The number of likely N-dealkylation sites (N-methyl/N-ethyl adjacent to an activating group) is 1. The molecule has 0 fully saturated rings. The molecule has 0 aliphatic carbocycles. The predicted octanol–water partition coefficient (Wildman–Crippen LogP) is 2.21. The minimum atomic E-state index is -0.567. The molecule has 0 aromatic heterocycles. The summed E-state index contributed by atoms with van der Waals surface area (Å²) >= 11 is 0. The summed E-state index contributed by atoms with van der Waals surface area (Å²) in [5.74, 6) is -0.344. The van der Waals surface area contributed by atoms with Crippen molar-refractivity contribution in [2.24, 2.45) is 5.92 Å². The number of rotatable bonds is 6. The standard InChI is InChI=1S/C14H23FN2O/c1-10(2)13(9-17(3)4)16-8-11-6-5-7-12(15)14(11)18/h5-7,10,13,16,18H,8-9H2,1-4H3. The van der Waals surface area contributed by atoms with Gasteiger partial charge in [-0.1, -0.05) is 26.0 Å². The number of hydrogen-bond acceptors (Lipinski definition) is 3. The Kier molecular flexibility index (Phi) is 5.56. The largest absolute Gasteiger partial charge is 0.505 e. The number of nitrogens with one attached hydrogen (secondary N) is 1. The van der Waals surface area contributed by atoms with E-state index in [-0.39, 0.29) is 5.75 Å². The second kappa shape index (κ2) is 6.71. The van der Waals surface area contributed by atoms with Gasteiger partial charge in [-0.2, -0.15) is 0 Å². The number of aromatic hydroxyl groups is 1. The van der Waals surface area contributed by atoms with Crippen LogP contribution in [0.3, 0.4) is 0 Å². The highest BCUT2D eigenvalue weighted by atomic mass is 19.1. The van der Waals surface area contributed by atoms with Crippen molar-refractivity contribution in [3.8, 4) is 5.75 Å². The first kappa shape index (κ1) is 14.9. The maximum atomic E-state index is 13.2. The Bertz CT molecular complexity index is 380. The third-order valence-electron chi connectivity index (χ3n) is 2.99. The zero-order chi connectivity index (χ0) is 13.7. The quantitative estimate of drug-likeness (QED) is 0.817. The summed E-state index contributed by atoms with van der Waals surface area (Å²) in [4.78, 5) is 2.11. The molecule has 1 aromatic rings. The van der Waals surface area contributed by atoms with Gasteiger partial charge in [0.15, 0.2) is 11.6 Å². The lowest BCUT2D eigenvalue weighted by Crippen LogP contribution is -2.41. The molecule has 0 aliphatic rings. The van der Waals surface area contributed by atoms with Crippen molar-refractivity contribution in [1.82, 2.24) is 10.2 Å². The summed E-state index contributed by atoms with van der Waals surface area (Å²) < 4.78 is 13.2. The lowest BCUT2D eigenvalue weighted by atomic mass is 10.0. The van der Waals surface area contributed by atoms with Gasteiger partial charge in [0.1, 0.15) is 0 Å². The van der Waals surface area contributed by atoms with Crippen molar-refractivity contribution < 1.29 is 9.50 Å². The maximum absolute atomic E-state index is 13.2. The molecule has 4 heteroatoms. The fourth-order valence-corrected chi connectivity index (χ4v) is 1.85. The molecule has 1 rings (SSSR count). The molecular weight excluding hydrogens is 231 g/mol. The average Bonchev–Trinajstić information content (AvgIpc) is 2.28. The second-order valence-corrected chi connectivity index (χ2v) is 5.24.